The second kappa shape index (κ2) is 10.7. The fraction of sp³-hybridized carbons (Fsp3) is 0.296. The number of fused-ring (bicyclic) bond motifs is 2. The fourth-order valence-electron chi connectivity index (χ4n) is 4.49. The molecule has 1 N–H and O–H groups in total. The minimum Gasteiger partial charge on any atom is -0.497 e. The lowest BCUT2D eigenvalue weighted by atomic mass is 9.87. The second-order valence-corrected chi connectivity index (χ2v) is 8.60. The van der Waals surface area contributed by atoms with E-state index in [0.29, 0.717) is 30.0 Å². The Hall–Kier alpha value is -3.65. The number of anilines is 1. The van der Waals surface area contributed by atoms with E-state index in [2.05, 4.69) is 19.7 Å². The van der Waals surface area contributed by atoms with Crippen LogP contribution in [0.1, 0.15) is 36.4 Å². The largest absolute Gasteiger partial charge is 0.497 e. The number of hydrogen-bond acceptors (Lipinski definition) is 7. The highest BCUT2D eigenvalue weighted by molar-refractivity contribution is 6.99. The summed E-state index contributed by atoms with van der Waals surface area (Å²) in [6.07, 6.45) is 4.96. The smallest absolute Gasteiger partial charge is 0.334 e. The molecule has 0 radical (unpaired) electrons. The first kappa shape index (κ1) is 24.5. The zero-order valence-corrected chi connectivity index (χ0v) is 21.1. The Morgan fingerprint density at radius 2 is 1.80 bits per heavy atom. The number of methoxy groups -OCH3 is 2. The van der Waals surface area contributed by atoms with Gasteiger partial charge in [0.2, 0.25) is 0 Å². The van der Waals surface area contributed by atoms with Crippen molar-refractivity contribution in [3.05, 3.63) is 76.6 Å². The van der Waals surface area contributed by atoms with Crippen molar-refractivity contribution >= 4 is 35.0 Å². The van der Waals surface area contributed by atoms with Gasteiger partial charge in [0.15, 0.2) is 0 Å². The first-order valence-electron chi connectivity index (χ1n) is 11.6. The minimum absolute atomic E-state index is 0.217. The number of aromatic nitrogens is 2. The monoisotopic (exact) mass is 491 g/mol. The van der Waals surface area contributed by atoms with Gasteiger partial charge in [0.1, 0.15) is 11.5 Å². The maximum absolute atomic E-state index is 12.4. The van der Waals surface area contributed by atoms with E-state index >= 15 is 0 Å². The maximum atomic E-state index is 12.4. The summed E-state index contributed by atoms with van der Waals surface area (Å²) in [5.74, 6) is 0.694. The highest BCUT2D eigenvalue weighted by atomic mass is 32.1. The number of aliphatic carboxylic acids is 1. The molecule has 182 valence electrons. The van der Waals surface area contributed by atoms with Crippen molar-refractivity contribution < 1.29 is 19.4 Å². The van der Waals surface area contributed by atoms with E-state index in [1.165, 1.54) is 11.7 Å². The van der Waals surface area contributed by atoms with E-state index in [4.69, 9.17) is 9.47 Å². The number of nitrogens with zero attached hydrogens (tertiary/aromatic N) is 3. The van der Waals surface area contributed by atoms with Gasteiger partial charge in [-0.3, -0.25) is 0 Å². The summed E-state index contributed by atoms with van der Waals surface area (Å²) in [7, 11) is 3.23. The molecule has 5 rings (SSSR count). The summed E-state index contributed by atoms with van der Waals surface area (Å²) < 4.78 is 19.5. The number of rotatable bonds is 6. The lowest BCUT2D eigenvalue weighted by molar-refractivity contribution is -0.132. The van der Waals surface area contributed by atoms with Crippen LogP contribution < -0.4 is 14.4 Å². The minimum atomic E-state index is -0.926. The standard InChI is InChI=1S/C25H23N3O4S.C2H6/c1-31-17-6-4-16(5-7-17)24-19-12-18(32-2)8-10-23(19)28(14-20(24)25(29)30)13-15-3-9-21-22(11-15)27-33-26-21;1-2/h3-10,12,15H,11,13-14H2,1-2H3,(H,29,30);1-2H3. The molecule has 0 fully saturated rings. The van der Waals surface area contributed by atoms with E-state index in [9.17, 15) is 9.90 Å². The Balaban J connectivity index is 0.00000141. The Morgan fingerprint density at radius 1 is 1.09 bits per heavy atom. The lowest BCUT2D eigenvalue weighted by Gasteiger charge is -2.36. The van der Waals surface area contributed by atoms with Crippen LogP contribution in [0.5, 0.6) is 11.5 Å². The molecule has 8 heteroatoms. The second-order valence-electron chi connectivity index (χ2n) is 8.07. The third kappa shape index (κ3) is 4.93. The van der Waals surface area contributed by atoms with Gasteiger partial charge in [-0.2, -0.15) is 8.75 Å². The average molecular weight is 492 g/mol. The van der Waals surface area contributed by atoms with Gasteiger partial charge in [-0.05, 0) is 42.0 Å². The summed E-state index contributed by atoms with van der Waals surface area (Å²) in [5, 5.41) is 10.2. The van der Waals surface area contributed by atoms with Gasteiger partial charge in [-0.25, -0.2) is 4.79 Å². The van der Waals surface area contributed by atoms with Crippen LogP contribution >= 0.6 is 11.7 Å². The van der Waals surface area contributed by atoms with Gasteiger partial charge in [0, 0.05) is 35.7 Å². The zero-order chi connectivity index (χ0) is 24.9. The average Bonchev–Trinajstić information content (AvgIpc) is 3.37. The Morgan fingerprint density at radius 3 is 2.49 bits per heavy atom. The number of carbonyl (C=O) groups is 1. The SMILES string of the molecule is CC.COc1ccc(C2=C(C(=O)O)CN(CC3C=Cc4nsnc4C3)c3ccc(OC)cc32)cc1. The molecule has 2 aliphatic rings. The van der Waals surface area contributed by atoms with Crippen LogP contribution in [0.25, 0.3) is 11.6 Å². The maximum Gasteiger partial charge on any atom is 0.334 e. The number of benzene rings is 2. The molecule has 0 saturated carbocycles. The summed E-state index contributed by atoms with van der Waals surface area (Å²) in [5.41, 5.74) is 5.68. The fourth-order valence-corrected chi connectivity index (χ4v) is 5.06. The molecule has 0 amide bonds. The molecule has 2 heterocycles. The van der Waals surface area contributed by atoms with Crippen molar-refractivity contribution in [2.45, 2.75) is 20.3 Å². The molecule has 1 aliphatic heterocycles. The van der Waals surface area contributed by atoms with E-state index in [-0.39, 0.29) is 5.92 Å². The number of hydrogen-bond donors (Lipinski definition) is 1. The summed E-state index contributed by atoms with van der Waals surface area (Å²) in [6, 6.07) is 13.3. The summed E-state index contributed by atoms with van der Waals surface area (Å²) >= 11 is 1.23. The van der Waals surface area contributed by atoms with Gasteiger partial charge >= 0.3 is 5.97 Å². The molecule has 0 spiro atoms. The zero-order valence-electron chi connectivity index (χ0n) is 20.3. The van der Waals surface area contributed by atoms with E-state index < -0.39 is 5.97 Å². The quantitative estimate of drug-likeness (QED) is 0.509. The third-order valence-corrected chi connectivity index (χ3v) is 6.70. The van der Waals surface area contributed by atoms with Gasteiger partial charge in [-0.15, -0.1) is 0 Å². The van der Waals surface area contributed by atoms with Crippen LogP contribution in [0.4, 0.5) is 5.69 Å². The molecule has 1 unspecified atom stereocenters. The predicted octanol–water partition coefficient (Wildman–Crippen LogP) is 5.17. The molecule has 1 atom stereocenters. The highest BCUT2D eigenvalue weighted by Crippen LogP contribution is 2.41. The first-order valence-corrected chi connectivity index (χ1v) is 12.3. The predicted molar refractivity (Wildman–Crippen MR) is 139 cm³/mol. The molecular formula is C27H29N3O4S. The van der Waals surface area contributed by atoms with Crippen molar-refractivity contribution in [2.75, 3.05) is 32.2 Å². The van der Waals surface area contributed by atoms with Crippen molar-refractivity contribution in [3.63, 3.8) is 0 Å². The third-order valence-electron chi connectivity index (χ3n) is 6.12. The molecule has 0 bridgehead atoms. The number of carboxylic acids is 1. The molecule has 1 aliphatic carbocycles. The van der Waals surface area contributed by atoms with Gasteiger partial charge in [0.25, 0.3) is 0 Å². The lowest BCUT2D eigenvalue weighted by Crippen LogP contribution is -2.37. The highest BCUT2D eigenvalue weighted by Gasteiger charge is 2.31. The van der Waals surface area contributed by atoms with Gasteiger partial charge in [-0.1, -0.05) is 32.1 Å². The van der Waals surface area contributed by atoms with Crippen LogP contribution in [0.2, 0.25) is 0 Å². The molecule has 7 nitrogen and oxygen atoms in total. The number of carboxylic acid groups (broad SMARTS) is 1. The summed E-state index contributed by atoms with van der Waals surface area (Å²) in [6.45, 7) is 4.99. The molecular weight excluding hydrogens is 462 g/mol. The normalized spacial score (nSPS) is 16.1. The van der Waals surface area contributed by atoms with Crippen molar-refractivity contribution in [1.29, 1.82) is 0 Å². The van der Waals surface area contributed by atoms with Crippen LogP contribution in [-0.2, 0) is 11.2 Å². The first-order chi connectivity index (χ1) is 17.1. The van der Waals surface area contributed by atoms with Crippen molar-refractivity contribution in [3.8, 4) is 11.5 Å². The van der Waals surface area contributed by atoms with E-state index in [1.54, 1.807) is 14.2 Å². The van der Waals surface area contributed by atoms with Crippen LogP contribution in [0, 0.1) is 5.92 Å². The van der Waals surface area contributed by atoms with Crippen LogP contribution in [0.3, 0.4) is 0 Å². The van der Waals surface area contributed by atoms with Gasteiger partial charge < -0.3 is 19.5 Å². The van der Waals surface area contributed by atoms with Gasteiger partial charge in [0.05, 0.1) is 49.5 Å². The molecule has 0 saturated heterocycles. The summed E-state index contributed by atoms with van der Waals surface area (Å²) in [4.78, 5) is 14.6. The Labute approximate surface area is 209 Å². The topological polar surface area (TPSA) is 84.8 Å². The van der Waals surface area contributed by atoms with Crippen molar-refractivity contribution in [1.82, 2.24) is 8.75 Å². The Bertz CT molecular complexity index is 1260. The number of ether oxygens (including phenoxy) is 2. The van der Waals surface area contributed by atoms with Crippen molar-refractivity contribution in [2.24, 2.45) is 5.92 Å². The Kier molecular flexibility index (Phi) is 7.51. The van der Waals surface area contributed by atoms with Crippen LogP contribution in [-0.4, -0.2) is 47.1 Å². The van der Waals surface area contributed by atoms with E-state index in [0.717, 1.165) is 40.4 Å². The molecule has 3 aromatic rings. The van der Waals surface area contributed by atoms with E-state index in [1.807, 2.05) is 62.4 Å². The molecule has 1 aromatic heterocycles. The molecule has 35 heavy (non-hydrogen) atoms. The molecule has 2 aromatic carbocycles. The van der Waals surface area contributed by atoms with Crippen LogP contribution in [0.15, 0.2) is 54.1 Å².